The number of fused-ring (bicyclic) bond motifs is 1. The van der Waals surface area contributed by atoms with Crippen LogP contribution in [0.4, 0.5) is 5.69 Å². The number of anilines is 1. The van der Waals surface area contributed by atoms with Gasteiger partial charge in [-0.2, -0.15) is 0 Å². The van der Waals surface area contributed by atoms with Gasteiger partial charge in [-0.15, -0.1) is 0 Å². The molecule has 0 N–H and O–H groups in total. The van der Waals surface area contributed by atoms with Crippen molar-refractivity contribution in [2.24, 2.45) is 0 Å². The van der Waals surface area contributed by atoms with E-state index in [1.807, 2.05) is 0 Å². The van der Waals surface area contributed by atoms with E-state index in [2.05, 4.69) is 102 Å². The monoisotopic (exact) mass is 300 g/mol. The minimum Gasteiger partial charge on any atom is -0.361 e. The smallest absolute Gasteiger partial charge is 0.0506 e. The molecular weight excluding hydrogens is 268 g/mol. The molecule has 0 unspecified atom stereocenters. The lowest BCUT2D eigenvalue weighted by Gasteiger charge is -2.47. The summed E-state index contributed by atoms with van der Waals surface area (Å²) < 4.78 is 2.37. The zero-order valence-electron chi connectivity index (χ0n) is 15.8. The van der Waals surface area contributed by atoms with Crippen LogP contribution in [0.3, 0.4) is 0 Å². The zero-order valence-corrected chi connectivity index (χ0v) is 15.8. The van der Waals surface area contributed by atoms with Gasteiger partial charge in [0, 0.05) is 33.9 Å². The van der Waals surface area contributed by atoms with Crippen molar-refractivity contribution in [2.75, 3.05) is 4.90 Å². The predicted molar refractivity (Wildman–Crippen MR) is 98.9 cm³/mol. The molecule has 2 nitrogen and oxygen atoms in total. The third kappa shape index (κ3) is 3.02. The molecule has 0 aliphatic heterocycles. The van der Waals surface area contributed by atoms with Crippen molar-refractivity contribution in [2.45, 2.75) is 78.9 Å². The molecular formula is C20H32N2. The lowest BCUT2D eigenvalue weighted by Crippen LogP contribution is -2.53. The van der Waals surface area contributed by atoms with E-state index >= 15 is 0 Å². The second-order valence-corrected chi connectivity index (χ2v) is 9.24. The van der Waals surface area contributed by atoms with Crippen molar-refractivity contribution < 1.29 is 0 Å². The fraction of sp³-hybridized carbons (Fsp3) is 0.600. The summed E-state index contributed by atoms with van der Waals surface area (Å²) in [5, 5.41) is 1.34. The molecule has 2 aromatic rings. The molecule has 0 radical (unpaired) electrons. The Labute approximate surface area is 136 Å². The summed E-state index contributed by atoms with van der Waals surface area (Å²) in [6.45, 7) is 20.5. The molecule has 0 spiro atoms. The molecule has 1 aromatic heterocycles. The molecule has 0 amide bonds. The van der Waals surface area contributed by atoms with Gasteiger partial charge >= 0.3 is 0 Å². The summed E-state index contributed by atoms with van der Waals surface area (Å²) in [4.78, 5) is 2.54. The molecule has 2 rings (SSSR count). The van der Waals surface area contributed by atoms with Crippen molar-refractivity contribution in [3.63, 3.8) is 0 Å². The first-order valence-electron chi connectivity index (χ1n) is 8.24. The van der Waals surface area contributed by atoms with Crippen LogP contribution in [0, 0.1) is 0 Å². The van der Waals surface area contributed by atoms with Gasteiger partial charge in [0.05, 0.1) is 5.52 Å². The maximum absolute atomic E-state index is 2.54. The number of benzene rings is 1. The zero-order chi connectivity index (χ0) is 16.9. The van der Waals surface area contributed by atoms with E-state index in [0.717, 1.165) is 0 Å². The fourth-order valence-electron chi connectivity index (χ4n) is 3.66. The van der Waals surface area contributed by atoms with Gasteiger partial charge < -0.3 is 9.47 Å². The number of aromatic nitrogens is 1. The minimum absolute atomic E-state index is 0.0658. The van der Waals surface area contributed by atoms with E-state index in [-0.39, 0.29) is 16.6 Å². The maximum atomic E-state index is 2.54. The number of rotatable bonds is 1. The van der Waals surface area contributed by atoms with Crippen LogP contribution in [0.5, 0.6) is 0 Å². The van der Waals surface area contributed by atoms with Gasteiger partial charge in [-0.25, -0.2) is 0 Å². The van der Waals surface area contributed by atoms with Gasteiger partial charge in [-0.3, -0.25) is 0 Å². The Balaban J connectivity index is 2.73. The van der Waals surface area contributed by atoms with E-state index in [1.54, 1.807) is 0 Å². The second-order valence-electron chi connectivity index (χ2n) is 9.24. The van der Waals surface area contributed by atoms with E-state index in [0.29, 0.717) is 0 Å². The molecule has 122 valence electrons. The highest BCUT2D eigenvalue weighted by Crippen LogP contribution is 2.38. The molecule has 0 aliphatic rings. The van der Waals surface area contributed by atoms with Gasteiger partial charge in [-0.1, -0.05) is 6.07 Å². The van der Waals surface area contributed by atoms with Gasteiger partial charge in [0.2, 0.25) is 0 Å². The maximum Gasteiger partial charge on any atom is 0.0506 e. The van der Waals surface area contributed by atoms with E-state index in [4.69, 9.17) is 0 Å². The van der Waals surface area contributed by atoms with Crippen LogP contribution in [0.1, 0.15) is 62.3 Å². The molecule has 0 aliphatic carbocycles. The Hall–Kier alpha value is -1.44. The average molecular weight is 300 g/mol. The van der Waals surface area contributed by atoms with Gasteiger partial charge in [-0.05, 0) is 80.5 Å². The normalized spacial score (nSPS) is 13.7. The Kier molecular flexibility index (Phi) is 3.88. The highest BCUT2D eigenvalue weighted by molar-refractivity contribution is 5.93. The highest BCUT2D eigenvalue weighted by atomic mass is 15.2. The lowest BCUT2D eigenvalue weighted by atomic mass is 9.94. The average Bonchev–Trinajstić information content (AvgIpc) is 2.68. The predicted octanol–water partition coefficient (Wildman–Crippen LogP) is 5.80. The lowest BCUT2D eigenvalue weighted by molar-refractivity contribution is 0.382. The standard InChI is InChI=1S/C20H32N2/c1-18(2,3)21-14-13-15-16(21)11-10-12-17(15)22(19(4,5)6)20(7,8)9/h10-14H,1-9H3. The summed E-state index contributed by atoms with van der Waals surface area (Å²) >= 11 is 0. The van der Waals surface area contributed by atoms with Crippen LogP contribution >= 0.6 is 0 Å². The quantitative estimate of drug-likeness (QED) is 0.646. The first kappa shape index (κ1) is 16.9. The highest BCUT2D eigenvalue weighted by Gasteiger charge is 2.33. The molecule has 22 heavy (non-hydrogen) atoms. The molecule has 1 aromatic carbocycles. The Morgan fingerprint density at radius 3 is 1.77 bits per heavy atom. The van der Waals surface area contributed by atoms with E-state index in [9.17, 15) is 0 Å². The fourth-order valence-corrected chi connectivity index (χ4v) is 3.66. The van der Waals surface area contributed by atoms with Crippen LogP contribution in [0.2, 0.25) is 0 Å². The SMILES string of the molecule is CC(C)(C)N(c1cccc2c1ccn2C(C)(C)C)C(C)(C)C. The van der Waals surface area contributed by atoms with Gasteiger partial charge in [0.25, 0.3) is 0 Å². The number of hydrogen-bond donors (Lipinski definition) is 0. The Morgan fingerprint density at radius 1 is 0.773 bits per heavy atom. The van der Waals surface area contributed by atoms with Crippen molar-refractivity contribution in [1.29, 1.82) is 0 Å². The second kappa shape index (κ2) is 5.04. The molecule has 0 saturated heterocycles. The van der Waals surface area contributed by atoms with Crippen molar-refractivity contribution in [3.8, 4) is 0 Å². The molecule has 0 atom stereocenters. The molecule has 0 bridgehead atoms. The number of nitrogens with zero attached hydrogens (tertiary/aromatic N) is 2. The third-order valence-corrected chi connectivity index (χ3v) is 4.02. The van der Waals surface area contributed by atoms with Crippen LogP contribution < -0.4 is 4.90 Å². The Morgan fingerprint density at radius 2 is 1.32 bits per heavy atom. The molecule has 2 heteroatoms. The Bertz CT molecular complexity index is 644. The molecule has 0 saturated carbocycles. The minimum atomic E-state index is 0.0658. The summed E-state index contributed by atoms with van der Waals surface area (Å²) in [6, 6.07) is 8.93. The summed E-state index contributed by atoms with van der Waals surface area (Å²) in [5.74, 6) is 0. The first-order chi connectivity index (χ1) is 9.83. The van der Waals surface area contributed by atoms with Gasteiger partial charge in [0.1, 0.15) is 0 Å². The van der Waals surface area contributed by atoms with Crippen LogP contribution in [-0.2, 0) is 5.54 Å². The van der Waals surface area contributed by atoms with Crippen LogP contribution in [0.15, 0.2) is 30.5 Å². The molecule has 1 heterocycles. The van der Waals surface area contributed by atoms with Crippen LogP contribution in [0.25, 0.3) is 10.9 Å². The van der Waals surface area contributed by atoms with E-state index < -0.39 is 0 Å². The topological polar surface area (TPSA) is 8.17 Å². The third-order valence-electron chi connectivity index (χ3n) is 4.02. The number of hydrogen-bond acceptors (Lipinski definition) is 1. The van der Waals surface area contributed by atoms with Crippen LogP contribution in [-0.4, -0.2) is 15.6 Å². The first-order valence-corrected chi connectivity index (χ1v) is 8.24. The molecule has 0 fully saturated rings. The van der Waals surface area contributed by atoms with Crippen molar-refractivity contribution in [1.82, 2.24) is 4.57 Å². The summed E-state index contributed by atoms with van der Waals surface area (Å²) in [5.41, 5.74) is 2.85. The summed E-state index contributed by atoms with van der Waals surface area (Å²) in [6.07, 6.45) is 2.22. The largest absolute Gasteiger partial charge is 0.361 e. The van der Waals surface area contributed by atoms with E-state index in [1.165, 1.54) is 16.6 Å². The van der Waals surface area contributed by atoms with Gasteiger partial charge in [0.15, 0.2) is 0 Å². The van der Waals surface area contributed by atoms with Crippen molar-refractivity contribution in [3.05, 3.63) is 30.5 Å². The summed E-state index contributed by atoms with van der Waals surface area (Å²) in [7, 11) is 0. The van der Waals surface area contributed by atoms with Crippen molar-refractivity contribution >= 4 is 16.6 Å².